The van der Waals surface area contributed by atoms with Crippen LogP contribution in [0.15, 0.2) is 60.8 Å². The van der Waals surface area contributed by atoms with Gasteiger partial charge in [-0.2, -0.15) is 18.3 Å². The van der Waals surface area contributed by atoms with E-state index in [4.69, 9.17) is 4.74 Å². The van der Waals surface area contributed by atoms with E-state index in [0.717, 1.165) is 10.7 Å². The second-order valence-electron chi connectivity index (χ2n) is 5.82. The predicted molar refractivity (Wildman–Crippen MR) is 96.6 cm³/mol. The van der Waals surface area contributed by atoms with Crippen molar-refractivity contribution >= 4 is 11.9 Å². The molecule has 144 valence electrons. The second-order valence-corrected chi connectivity index (χ2v) is 5.82. The van der Waals surface area contributed by atoms with E-state index in [1.54, 1.807) is 30.3 Å². The molecule has 1 N–H and O–H groups in total. The lowest BCUT2D eigenvalue weighted by Crippen LogP contribution is -2.07. The monoisotopic (exact) mass is 388 g/mol. The zero-order valence-electron chi connectivity index (χ0n) is 14.6. The van der Waals surface area contributed by atoms with Crippen LogP contribution in [0.25, 0.3) is 11.8 Å². The van der Waals surface area contributed by atoms with Crippen molar-refractivity contribution < 1.29 is 27.8 Å². The number of rotatable bonds is 5. The van der Waals surface area contributed by atoms with Crippen LogP contribution in [0, 0.1) is 0 Å². The first-order valence-corrected chi connectivity index (χ1v) is 8.10. The van der Waals surface area contributed by atoms with Crippen molar-refractivity contribution in [3.63, 3.8) is 0 Å². The molecule has 0 atom stereocenters. The third-order valence-corrected chi connectivity index (χ3v) is 3.93. The molecular formula is C20H15F3N2O3. The fraction of sp³-hybridized carbons (Fsp3) is 0.100. The molecule has 0 unspecified atom stereocenters. The number of carbonyl (C=O) groups is 1. The van der Waals surface area contributed by atoms with Crippen LogP contribution in [0.2, 0.25) is 0 Å². The zero-order chi connectivity index (χ0) is 20.3. The maximum atomic E-state index is 12.6. The SMILES string of the molecule is COc1cc(C(=O)/C=C/c2ccc(-n3ccc(C(F)(F)F)n3)cc2)ccc1O. The Morgan fingerprint density at radius 2 is 1.86 bits per heavy atom. The first-order chi connectivity index (χ1) is 13.3. The molecule has 1 aromatic heterocycles. The Hall–Kier alpha value is -3.55. The minimum Gasteiger partial charge on any atom is -0.504 e. The number of alkyl halides is 3. The van der Waals surface area contributed by atoms with Crippen molar-refractivity contribution in [3.05, 3.63) is 77.6 Å². The summed E-state index contributed by atoms with van der Waals surface area (Å²) in [6.07, 6.45) is -0.327. The third kappa shape index (κ3) is 4.22. The predicted octanol–water partition coefficient (Wildman–Crippen LogP) is 4.50. The molecule has 5 nitrogen and oxygen atoms in total. The Balaban J connectivity index is 1.73. The molecule has 0 saturated heterocycles. The number of carbonyl (C=O) groups excluding carboxylic acids is 1. The molecule has 0 aliphatic heterocycles. The van der Waals surface area contributed by atoms with Crippen molar-refractivity contribution in [2.75, 3.05) is 7.11 Å². The number of halogens is 3. The average molecular weight is 388 g/mol. The van der Waals surface area contributed by atoms with Gasteiger partial charge in [0.15, 0.2) is 23.0 Å². The molecule has 0 fully saturated rings. The topological polar surface area (TPSA) is 64.4 Å². The van der Waals surface area contributed by atoms with Crippen LogP contribution in [0.4, 0.5) is 13.2 Å². The highest BCUT2D eigenvalue weighted by atomic mass is 19.4. The molecule has 3 aromatic rings. The molecule has 0 radical (unpaired) electrons. The van der Waals surface area contributed by atoms with Crippen LogP contribution in [-0.4, -0.2) is 27.8 Å². The van der Waals surface area contributed by atoms with E-state index >= 15 is 0 Å². The highest BCUT2D eigenvalue weighted by molar-refractivity contribution is 6.07. The van der Waals surface area contributed by atoms with E-state index in [1.807, 2.05) is 0 Å². The first-order valence-electron chi connectivity index (χ1n) is 8.10. The first kappa shape index (κ1) is 19.2. The maximum absolute atomic E-state index is 12.6. The van der Waals surface area contributed by atoms with Gasteiger partial charge in [0.05, 0.1) is 12.8 Å². The fourth-order valence-electron chi connectivity index (χ4n) is 2.46. The lowest BCUT2D eigenvalue weighted by atomic mass is 10.1. The number of ketones is 1. The second kappa shape index (κ2) is 7.59. The minimum absolute atomic E-state index is 0.0640. The van der Waals surface area contributed by atoms with Crippen molar-refractivity contribution in [1.82, 2.24) is 9.78 Å². The van der Waals surface area contributed by atoms with E-state index in [-0.39, 0.29) is 17.3 Å². The Labute approximate surface area is 158 Å². The molecule has 3 rings (SSSR count). The summed E-state index contributed by atoms with van der Waals surface area (Å²) in [6, 6.07) is 11.7. The largest absolute Gasteiger partial charge is 0.504 e. The number of phenols is 1. The molecule has 0 saturated carbocycles. The minimum atomic E-state index is -4.49. The van der Waals surface area contributed by atoms with Crippen LogP contribution in [-0.2, 0) is 6.18 Å². The number of benzene rings is 2. The van der Waals surface area contributed by atoms with Gasteiger partial charge in [-0.25, -0.2) is 4.68 Å². The van der Waals surface area contributed by atoms with E-state index in [0.29, 0.717) is 16.8 Å². The number of allylic oxidation sites excluding steroid dienone is 1. The van der Waals surface area contributed by atoms with Crippen LogP contribution in [0.1, 0.15) is 21.6 Å². The summed E-state index contributed by atoms with van der Waals surface area (Å²) in [5, 5.41) is 13.1. The van der Waals surface area contributed by atoms with Gasteiger partial charge in [-0.3, -0.25) is 4.79 Å². The van der Waals surface area contributed by atoms with Crippen molar-refractivity contribution in [2.45, 2.75) is 6.18 Å². The number of ether oxygens (including phenoxy) is 1. The van der Waals surface area contributed by atoms with Gasteiger partial charge in [0.1, 0.15) is 0 Å². The molecule has 8 heteroatoms. The van der Waals surface area contributed by atoms with Gasteiger partial charge < -0.3 is 9.84 Å². The molecule has 28 heavy (non-hydrogen) atoms. The van der Waals surface area contributed by atoms with Crippen LogP contribution >= 0.6 is 0 Å². The van der Waals surface area contributed by atoms with E-state index in [1.165, 1.54) is 37.6 Å². The van der Waals surface area contributed by atoms with Gasteiger partial charge in [0, 0.05) is 11.8 Å². The van der Waals surface area contributed by atoms with Gasteiger partial charge in [0.2, 0.25) is 0 Å². The van der Waals surface area contributed by atoms with Crippen LogP contribution in [0.5, 0.6) is 11.5 Å². The standard InChI is InChI=1S/C20H15F3N2O3/c1-28-18-12-14(5-9-17(18)27)16(26)8-4-13-2-6-15(7-3-13)25-11-10-19(24-25)20(21,22)23/h2-12,27H,1H3/b8-4+. The summed E-state index contributed by atoms with van der Waals surface area (Å²) in [5.74, 6) is -0.156. The molecule has 0 amide bonds. The summed E-state index contributed by atoms with van der Waals surface area (Å²) in [5.41, 5.74) is 0.526. The third-order valence-electron chi connectivity index (χ3n) is 3.93. The van der Waals surface area contributed by atoms with Gasteiger partial charge in [-0.05, 0) is 48.0 Å². The summed E-state index contributed by atoms with van der Waals surface area (Å²) < 4.78 is 44.0. The molecule has 0 spiro atoms. The Morgan fingerprint density at radius 1 is 1.14 bits per heavy atom. The number of nitrogens with zero attached hydrogens (tertiary/aromatic N) is 2. The van der Waals surface area contributed by atoms with Crippen LogP contribution in [0.3, 0.4) is 0 Å². The lowest BCUT2D eigenvalue weighted by molar-refractivity contribution is -0.141. The Bertz CT molecular complexity index is 1020. The molecule has 0 aliphatic rings. The summed E-state index contributed by atoms with van der Waals surface area (Å²) in [4.78, 5) is 12.2. The van der Waals surface area contributed by atoms with Crippen molar-refractivity contribution in [3.8, 4) is 17.2 Å². The van der Waals surface area contributed by atoms with Crippen molar-refractivity contribution in [1.29, 1.82) is 0 Å². The highest BCUT2D eigenvalue weighted by Gasteiger charge is 2.33. The van der Waals surface area contributed by atoms with E-state index in [2.05, 4.69) is 5.10 Å². The Kier molecular flexibility index (Phi) is 5.21. The summed E-state index contributed by atoms with van der Waals surface area (Å²) >= 11 is 0. The molecule has 2 aromatic carbocycles. The molecule has 1 heterocycles. The highest BCUT2D eigenvalue weighted by Crippen LogP contribution is 2.28. The van der Waals surface area contributed by atoms with Gasteiger partial charge in [-0.1, -0.05) is 18.2 Å². The molecule has 0 aliphatic carbocycles. The number of hydrogen-bond acceptors (Lipinski definition) is 4. The summed E-state index contributed by atoms with van der Waals surface area (Å²) in [7, 11) is 1.39. The van der Waals surface area contributed by atoms with Crippen molar-refractivity contribution in [2.24, 2.45) is 0 Å². The average Bonchev–Trinajstić information content (AvgIpc) is 3.17. The van der Waals surface area contributed by atoms with Gasteiger partial charge in [0.25, 0.3) is 0 Å². The maximum Gasteiger partial charge on any atom is 0.435 e. The number of aromatic nitrogens is 2. The van der Waals surface area contributed by atoms with Crippen LogP contribution < -0.4 is 4.74 Å². The fourth-order valence-corrected chi connectivity index (χ4v) is 2.46. The van der Waals surface area contributed by atoms with Gasteiger partial charge in [-0.15, -0.1) is 0 Å². The smallest absolute Gasteiger partial charge is 0.435 e. The number of aromatic hydroxyl groups is 1. The summed E-state index contributed by atoms with van der Waals surface area (Å²) in [6.45, 7) is 0. The van der Waals surface area contributed by atoms with E-state index in [9.17, 15) is 23.1 Å². The van der Waals surface area contributed by atoms with Gasteiger partial charge >= 0.3 is 6.18 Å². The number of methoxy groups -OCH3 is 1. The number of phenolic OH excluding ortho intramolecular Hbond substituents is 1. The van der Waals surface area contributed by atoms with E-state index < -0.39 is 11.9 Å². The molecular weight excluding hydrogens is 373 g/mol. The lowest BCUT2D eigenvalue weighted by Gasteiger charge is -2.04. The quantitative estimate of drug-likeness (QED) is 0.516. The zero-order valence-corrected chi connectivity index (χ0v) is 14.6. The number of hydrogen-bond donors (Lipinski definition) is 1. The normalized spacial score (nSPS) is 11.7. The molecule has 0 bridgehead atoms. The Morgan fingerprint density at radius 3 is 2.46 bits per heavy atom.